The summed E-state index contributed by atoms with van der Waals surface area (Å²) in [5.41, 5.74) is 0.811. The van der Waals surface area contributed by atoms with Crippen molar-refractivity contribution in [2.24, 2.45) is 5.92 Å². The second kappa shape index (κ2) is 10.4. The fraction of sp³-hybridized carbons (Fsp3) is 0.458. The molecule has 1 N–H and O–H groups in total. The summed E-state index contributed by atoms with van der Waals surface area (Å²) in [5, 5.41) is 8.84. The highest BCUT2D eigenvalue weighted by atomic mass is 16.6. The number of amides is 2. The van der Waals surface area contributed by atoms with Gasteiger partial charge in [0.25, 0.3) is 0 Å². The van der Waals surface area contributed by atoms with Crippen molar-refractivity contribution in [3.63, 3.8) is 0 Å². The zero-order valence-electron chi connectivity index (χ0n) is 17.9. The Hall–Kier alpha value is -2.93. The SMILES string of the molecule is CC(C(=O)N1C(=O)OC(c2ccccc2)C1C)C1OC(=CCCCCCO)C=CC1=O. The number of aliphatic hydroxyl groups is 1. The van der Waals surface area contributed by atoms with Crippen molar-refractivity contribution < 1.29 is 29.0 Å². The van der Waals surface area contributed by atoms with Crippen molar-refractivity contribution in [1.29, 1.82) is 0 Å². The molecule has 0 aromatic heterocycles. The van der Waals surface area contributed by atoms with Crippen LogP contribution in [-0.4, -0.2) is 46.5 Å². The van der Waals surface area contributed by atoms with Gasteiger partial charge in [0.05, 0.1) is 12.0 Å². The average Bonchev–Trinajstić information content (AvgIpc) is 3.08. The lowest BCUT2D eigenvalue weighted by atomic mass is 9.95. The van der Waals surface area contributed by atoms with Crippen LogP contribution < -0.4 is 0 Å². The van der Waals surface area contributed by atoms with Gasteiger partial charge in [0.15, 0.2) is 11.9 Å². The molecule has 1 saturated heterocycles. The van der Waals surface area contributed by atoms with E-state index in [0.717, 1.165) is 36.1 Å². The summed E-state index contributed by atoms with van der Waals surface area (Å²) in [5.74, 6) is -1.11. The van der Waals surface area contributed by atoms with Gasteiger partial charge in [-0.25, -0.2) is 9.69 Å². The summed E-state index contributed by atoms with van der Waals surface area (Å²) in [6.07, 6.45) is 5.93. The monoisotopic (exact) mass is 427 g/mol. The van der Waals surface area contributed by atoms with Crippen molar-refractivity contribution >= 4 is 17.8 Å². The second-order valence-corrected chi connectivity index (χ2v) is 7.91. The molecule has 1 aromatic carbocycles. The van der Waals surface area contributed by atoms with Crippen LogP contribution in [0.5, 0.6) is 0 Å². The normalized spacial score (nSPS) is 25.5. The number of nitrogens with zero attached hydrogens (tertiary/aromatic N) is 1. The van der Waals surface area contributed by atoms with Crippen LogP contribution in [0.25, 0.3) is 0 Å². The maximum atomic E-state index is 13.2. The number of hydrogen-bond donors (Lipinski definition) is 1. The first-order valence-corrected chi connectivity index (χ1v) is 10.7. The van der Waals surface area contributed by atoms with Crippen LogP contribution in [0.4, 0.5) is 4.79 Å². The number of benzene rings is 1. The molecule has 2 heterocycles. The van der Waals surface area contributed by atoms with Gasteiger partial charge in [-0.2, -0.15) is 0 Å². The second-order valence-electron chi connectivity index (χ2n) is 7.91. The fourth-order valence-corrected chi connectivity index (χ4v) is 3.84. The van der Waals surface area contributed by atoms with E-state index >= 15 is 0 Å². The average molecular weight is 427 g/mol. The van der Waals surface area contributed by atoms with Crippen molar-refractivity contribution in [3.8, 4) is 0 Å². The first kappa shape index (κ1) is 22.7. The van der Waals surface area contributed by atoms with Crippen molar-refractivity contribution in [2.75, 3.05) is 6.61 Å². The van der Waals surface area contributed by atoms with E-state index in [1.54, 1.807) is 19.9 Å². The first-order chi connectivity index (χ1) is 14.9. The Morgan fingerprint density at radius 1 is 1.13 bits per heavy atom. The molecule has 166 valence electrons. The van der Waals surface area contributed by atoms with E-state index in [-0.39, 0.29) is 12.4 Å². The summed E-state index contributed by atoms with van der Waals surface area (Å²) in [6, 6.07) is 8.76. The summed E-state index contributed by atoms with van der Waals surface area (Å²) >= 11 is 0. The van der Waals surface area contributed by atoms with E-state index in [9.17, 15) is 14.4 Å². The number of aliphatic hydroxyl groups excluding tert-OH is 1. The molecule has 7 heteroatoms. The van der Waals surface area contributed by atoms with Crippen LogP contribution in [0.3, 0.4) is 0 Å². The summed E-state index contributed by atoms with van der Waals surface area (Å²) < 4.78 is 11.3. The molecule has 1 fully saturated rings. The Bertz CT molecular complexity index is 862. The highest BCUT2D eigenvalue weighted by molar-refractivity contribution is 6.01. The van der Waals surface area contributed by atoms with Gasteiger partial charge >= 0.3 is 6.09 Å². The highest BCUT2D eigenvalue weighted by Crippen LogP contribution is 2.34. The van der Waals surface area contributed by atoms with Crippen molar-refractivity contribution in [3.05, 3.63) is 59.9 Å². The van der Waals surface area contributed by atoms with Crippen molar-refractivity contribution in [2.45, 2.75) is 57.8 Å². The van der Waals surface area contributed by atoms with Crippen LogP contribution in [0.2, 0.25) is 0 Å². The molecular weight excluding hydrogens is 398 g/mol. The van der Waals surface area contributed by atoms with Gasteiger partial charge in [0.2, 0.25) is 5.91 Å². The first-order valence-electron chi connectivity index (χ1n) is 10.7. The quantitative estimate of drug-likeness (QED) is 0.636. The number of cyclic esters (lactones) is 1. The molecule has 3 rings (SSSR count). The zero-order chi connectivity index (χ0) is 22.4. The Morgan fingerprint density at radius 2 is 1.87 bits per heavy atom. The summed E-state index contributed by atoms with van der Waals surface area (Å²) in [6.45, 7) is 3.53. The van der Waals surface area contributed by atoms with E-state index in [1.807, 2.05) is 36.4 Å². The Morgan fingerprint density at radius 3 is 2.58 bits per heavy atom. The lowest BCUT2D eigenvalue weighted by Gasteiger charge is -2.28. The largest absolute Gasteiger partial charge is 0.482 e. The molecule has 4 atom stereocenters. The summed E-state index contributed by atoms with van der Waals surface area (Å²) in [4.78, 5) is 39.1. The van der Waals surface area contributed by atoms with Crippen LogP contribution in [0.1, 0.15) is 51.2 Å². The number of imide groups is 1. The van der Waals surface area contributed by atoms with E-state index < -0.39 is 36.2 Å². The fourth-order valence-electron chi connectivity index (χ4n) is 3.84. The molecule has 2 aliphatic heterocycles. The minimum atomic E-state index is -0.989. The van der Waals surface area contributed by atoms with Crippen LogP contribution in [-0.2, 0) is 19.1 Å². The van der Waals surface area contributed by atoms with E-state index in [2.05, 4.69) is 0 Å². The Balaban J connectivity index is 1.67. The maximum absolute atomic E-state index is 13.2. The number of carbonyl (C=O) groups is 3. The molecule has 2 aliphatic rings. The molecule has 2 amide bonds. The molecule has 0 aliphatic carbocycles. The Labute approximate surface area is 182 Å². The topological polar surface area (TPSA) is 93.1 Å². The lowest BCUT2D eigenvalue weighted by molar-refractivity contribution is -0.142. The predicted octanol–water partition coefficient (Wildman–Crippen LogP) is 3.69. The van der Waals surface area contributed by atoms with E-state index in [4.69, 9.17) is 14.6 Å². The molecule has 1 aromatic rings. The third-order valence-corrected chi connectivity index (χ3v) is 5.64. The molecule has 0 saturated carbocycles. The van der Waals surface area contributed by atoms with E-state index in [0.29, 0.717) is 5.76 Å². The molecule has 4 unspecified atom stereocenters. The number of rotatable bonds is 8. The summed E-state index contributed by atoms with van der Waals surface area (Å²) in [7, 11) is 0. The van der Waals surface area contributed by atoms with Gasteiger partial charge in [0.1, 0.15) is 11.9 Å². The van der Waals surface area contributed by atoms with Gasteiger partial charge in [0, 0.05) is 6.61 Å². The number of allylic oxidation sites excluding steroid dienone is 2. The van der Waals surface area contributed by atoms with Crippen LogP contribution in [0, 0.1) is 5.92 Å². The smallest absolute Gasteiger partial charge is 0.417 e. The van der Waals surface area contributed by atoms with Gasteiger partial charge in [-0.1, -0.05) is 36.8 Å². The maximum Gasteiger partial charge on any atom is 0.417 e. The zero-order valence-corrected chi connectivity index (χ0v) is 17.9. The molecule has 0 bridgehead atoms. The predicted molar refractivity (Wildman–Crippen MR) is 114 cm³/mol. The standard InChI is InChI=1S/C24H29NO6/c1-16(21-20(27)14-13-19(30-21)12-8-3-4-9-15-26)23(28)25-17(2)22(31-24(25)29)18-10-6-5-7-11-18/h5-7,10-14,16-17,21-22,26H,3-4,8-9,15H2,1-2H3. The van der Waals surface area contributed by atoms with Crippen LogP contribution in [0.15, 0.2) is 54.3 Å². The molecule has 31 heavy (non-hydrogen) atoms. The molecule has 7 nitrogen and oxygen atoms in total. The number of hydrogen-bond acceptors (Lipinski definition) is 6. The van der Waals surface area contributed by atoms with Crippen LogP contribution >= 0.6 is 0 Å². The van der Waals surface area contributed by atoms with Gasteiger partial charge in [-0.05, 0) is 56.9 Å². The molecule has 0 radical (unpaired) electrons. The number of carbonyl (C=O) groups excluding carboxylic acids is 3. The lowest BCUT2D eigenvalue weighted by Crippen LogP contribution is -2.47. The molecule has 0 spiro atoms. The third-order valence-electron chi connectivity index (χ3n) is 5.64. The number of ether oxygens (including phenoxy) is 2. The number of unbranched alkanes of at least 4 members (excludes halogenated alkanes) is 3. The number of ketones is 1. The highest BCUT2D eigenvalue weighted by Gasteiger charge is 2.47. The van der Waals surface area contributed by atoms with E-state index in [1.165, 1.54) is 6.08 Å². The van der Waals surface area contributed by atoms with Gasteiger partial charge < -0.3 is 14.6 Å². The Kier molecular flexibility index (Phi) is 7.63. The third kappa shape index (κ3) is 5.22. The molecular formula is C24H29NO6. The minimum absolute atomic E-state index is 0.172. The minimum Gasteiger partial charge on any atom is -0.482 e. The van der Waals surface area contributed by atoms with Gasteiger partial charge in [-0.3, -0.25) is 9.59 Å². The van der Waals surface area contributed by atoms with Gasteiger partial charge in [-0.15, -0.1) is 0 Å². The van der Waals surface area contributed by atoms with Crippen molar-refractivity contribution in [1.82, 2.24) is 4.90 Å².